The van der Waals surface area contributed by atoms with Crippen LogP contribution in [0.3, 0.4) is 0 Å². The van der Waals surface area contributed by atoms with Crippen LogP contribution in [0.2, 0.25) is 10.0 Å². The van der Waals surface area contributed by atoms with E-state index >= 15 is 0 Å². The van der Waals surface area contributed by atoms with E-state index in [2.05, 4.69) is 0 Å². The van der Waals surface area contributed by atoms with Gasteiger partial charge in [0, 0.05) is 18.7 Å². The van der Waals surface area contributed by atoms with E-state index < -0.39 is 0 Å². The van der Waals surface area contributed by atoms with Gasteiger partial charge in [-0.2, -0.15) is 0 Å². The minimum absolute atomic E-state index is 0.0319. The number of halogens is 2. The Kier molecular flexibility index (Phi) is 4.15. The Labute approximate surface area is 117 Å². The van der Waals surface area contributed by atoms with Crippen LogP contribution >= 0.6 is 23.2 Å². The van der Waals surface area contributed by atoms with Crippen LogP contribution in [0.5, 0.6) is 0 Å². The lowest BCUT2D eigenvalue weighted by atomic mass is 10.1. The van der Waals surface area contributed by atoms with Crippen molar-refractivity contribution in [2.24, 2.45) is 0 Å². The van der Waals surface area contributed by atoms with E-state index in [4.69, 9.17) is 27.9 Å². The average Bonchev–Trinajstić information content (AvgIpc) is 2.30. The lowest BCUT2D eigenvalue weighted by molar-refractivity contribution is -0.0586. The summed E-state index contributed by atoms with van der Waals surface area (Å²) in [5.41, 5.74) is 0.561. The summed E-state index contributed by atoms with van der Waals surface area (Å²) in [6, 6.07) is 4.95. The number of nitrogens with zero attached hydrogens (tertiary/aromatic N) is 1. The molecule has 3 nitrogen and oxygen atoms in total. The Balaban J connectivity index is 2.17. The zero-order valence-corrected chi connectivity index (χ0v) is 11.8. The van der Waals surface area contributed by atoms with Gasteiger partial charge in [0.25, 0.3) is 5.91 Å². The van der Waals surface area contributed by atoms with Gasteiger partial charge in [-0.3, -0.25) is 4.79 Å². The third-order valence-corrected chi connectivity index (χ3v) is 3.61. The third-order valence-electron chi connectivity index (χ3n) is 2.87. The highest BCUT2D eigenvalue weighted by molar-refractivity contribution is 6.42. The zero-order valence-electron chi connectivity index (χ0n) is 10.3. The Hall–Kier alpha value is -0.770. The summed E-state index contributed by atoms with van der Waals surface area (Å²) in [5.74, 6) is -0.0319. The molecule has 1 aliphatic heterocycles. The quantitative estimate of drug-likeness (QED) is 0.794. The minimum atomic E-state index is -0.0319. The summed E-state index contributed by atoms with van der Waals surface area (Å²) in [5, 5.41) is 0.855. The van der Waals surface area contributed by atoms with Crippen molar-refractivity contribution in [3.05, 3.63) is 33.8 Å². The number of benzene rings is 1. The van der Waals surface area contributed by atoms with E-state index in [9.17, 15) is 4.79 Å². The van der Waals surface area contributed by atoms with Gasteiger partial charge in [-0.05, 0) is 32.0 Å². The summed E-state index contributed by atoms with van der Waals surface area (Å²) >= 11 is 11.8. The predicted molar refractivity (Wildman–Crippen MR) is 72.4 cm³/mol. The van der Waals surface area contributed by atoms with E-state index in [0.717, 1.165) is 0 Å². The number of hydrogen-bond donors (Lipinski definition) is 0. The van der Waals surface area contributed by atoms with Crippen molar-refractivity contribution < 1.29 is 9.53 Å². The molecule has 18 heavy (non-hydrogen) atoms. The number of rotatable bonds is 1. The molecule has 2 atom stereocenters. The summed E-state index contributed by atoms with van der Waals surface area (Å²) in [6.45, 7) is 5.13. The molecular weight excluding hydrogens is 273 g/mol. The molecule has 98 valence electrons. The molecule has 1 aromatic carbocycles. The Morgan fingerprint density at radius 1 is 1.22 bits per heavy atom. The molecule has 1 amide bonds. The highest BCUT2D eigenvalue weighted by Crippen LogP contribution is 2.24. The molecule has 0 radical (unpaired) electrons. The third kappa shape index (κ3) is 2.97. The first kappa shape index (κ1) is 13.7. The van der Waals surface area contributed by atoms with Gasteiger partial charge in [0.2, 0.25) is 0 Å². The number of ether oxygens (including phenoxy) is 1. The van der Waals surface area contributed by atoms with Crippen molar-refractivity contribution >= 4 is 29.1 Å². The van der Waals surface area contributed by atoms with Crippen LogP contribution in [0.4, 0.5) is 0 Å². The minimum Gasteiger partial charge on any atom is -0.372 e. The molecule has 1 heterocycles. The molecule has 0 N–H and O–H groups in total. The molecule has 0 aliphatic carbocycles. The summed E-state index contributed by atoms with van der Waals surface area (Å²) < 4.78 is 5.60. The monoisotopic (exact) mass is 287 g/mol. The topological polar surface area (TPSA) is 29.5 Å². The molecule has 1 aromatic rings. The first-order valence-electron chi connectivity index (χ1n) is 5.87. The van der Waals surface area contributed by atoms with Gasteiger partial charge in [-0.1, -0.05) is 23.2 Å². The van der Waals surface area contributed by atoms with Gasteiger partial charge >= 0.3 is 0 Å². The van der Waals surface area contributed by atoms with Crippen LogP contribution < -0.4 is 0 Å². The van der Waals surface area contributed by atoms with Crippen molar-refractivity contribution in [1.82, 2.24) is 4.90 Å². The second-order valence-electron chi connectivity index (χ2n) is 4.60. The average molecular weight is 288 g/mol. The molecule has 0 aromatic heterocycles. The van der Waals surface area contributed by atoms with Gasteiger partial charge in [0.1, 0.15) is 0 Å². The van der Waals surface area contributed by atoms with Crippen LogP contribution in [0.15, 0.2) is 18.2 Å². The Bertz CT molecular complexity index is 454. The largest absolute Gasteiger partial charge is 0.372 e. The van der Waals surface area contributed by atoms with Crippen LogP contribution in [-0.4, -0.2) is 36.1 Å². The lowest BCUT2D eigenvalue weighted by Gasteiger charge is -2.35. The zero-order chi connectivity index (χ0) is 13.3. The second kappa shape index (κ2) is 5.47. The van der Waals surface area contributed by atoms with Gasteiger partial charge in [0.05, 0.1) is 22.3 Å². The second-order valence-corrected chi connectivity index (χ2v) is 5.41. The molecule has 0 spiro atoms. The fourth-order valence-corrected chi connectivity index (χ4v) is 2.45. The highest BCUT2D eigenvalue weighted by atomic mass is 35.5. The molecule has 0 unspecified atom stereocenters. The number of amides is 1. The maximum absolute atomic E-state index is 12.3. The van der Waals surface area contributed by atoms with Gasteiger partial charge in [-0.15, -0.1) is 0 Å². The standard InChI is InChI=1S/C13H15Cl2NO2/c1-8-6-16(7-9(2)18-8)13(17)10-3-4-11(14)12(15)5-10/h3-5,8-9H,6-7H2,1-2H3/t8-,9-/m0/s1. The molecule has 1 fully saturated rings. The van der Waals surface area contributed by atoms with Crippen LogP contribution in [0, 0.1) is 0 Å². The normalized spacial score (nSPS) is 24.1. The van der Waals surface area contributed by atoms with Crippen molar-refractivity contribution in [3.63, 3.8) is 0 Å². The number of morpholine rings is 1. The van der Waals surface area contributed by atoms with E-state index in [1.165, 1.54) is 0 Å². The fourth-order valence-electron chi connectivity index (χ4n) is 2.16. The van der Waals surface area contributed by atoms with E-state index in [0.29, 0.717) is 28.7 Å². The van der Waals surface area contributed by atoms with Crippen LogP contribution in [0.25, 0.3) is 0 Å². The molecule has 1 saturated heterocycles. The Morgan fingerprint density at radius 3 is 2.39 bits per heavy atom. The van der Waals surface area contributed by atoms with E-state index in [1.807, 2.05) is 13.8 Å². The molecule has 0 saturated carbocycles. The van der Waals surface area contributed by atoms with E-state index in [-0.39, 0.29) is 18.1 Å². The molecule has 0 bridgehead atoms. The molecule has 2 rings (SSSR count). The Morgan fingerprint density at radius 2 is 1.83 bits per heavy atom. The lowest BCUT2D eigenvalue weighted by Crippen LogP contribution is -2.48. The van der Waals surface area contributed by atoms with Crippen molar-refractivity contribution in [2.75, 3.05) is 13.1 Å². The summed E-state index contributed by atoms with van der Waals surface area (Å²) in [7, 11) is 0. The molecule has 1 aliphatic rings. The van der Waals surface area contributed by atoms with Crippen LogP contribution in [-0.2, 0) is 4.74 Å². The predicted octanol–water partition coefficient (Wildman–Crippen LogP) is 3.24. The van der Waals surface area contributed by atoms with Crippen molar-refractivity contribution in [2.45, 2.75) is 26.1 Å². The smallest absolute Gasteiger partial charge is 0.254 e. The maximum Gasteiger partial charge on any atom is 0.254 e. The number of hydrogen-bond acceptors (Lipinski definition) is 2. The van der Waals surface area contributed by atoms with E-state index in [1.54, 1.807) is 23.1 Å². The van der Waals surface area contributed by atoms with Crippen molar-refractivity contribution in [1.29, 1.82) is 0 Å². The van der Waals surface area contributed by atoms with Gasteiger partial charge < -0.3 is 9.64 Å². The van der Waals surface area contributed by atoms with Crippen LogP contribution in [0.1, 0.15) is 24.2 Å². The first-order chi connectivity index (χ1) is 8.47. The van der Waals surface area contributed by atoms with Gasteiger partial charge in [-0.25, -0.2) is 0 Å². The SMILES string of the molecule is C[C@H]1CN(C(=O)c2ccc(Cl)c(Cl)c2)C[C@H](C)O1. The number of carbonyl (C=O) groups is 1. The van der Waals surface area contributed by atoms with Gasteiger partial charge in [0.15, 0.2) is 0 Å². The molecule has 5 heteroatoms. The summed E-state index contributed by atoms with van der Waals surface area (Å²) in [6.07, 6.45) is 0.112. The fraction of sp³-hybridized carbons (Fsp3) is 0.462. The highest BCUT2D eigenvalue weighted by Gasteiger charge is 2.26. The number of carbonyl (C=O) groups excluding carboxylic acids is 1. The van der Waals surface area contributed by atoms with Crippen molar-refractivity contribution in [3.8, 4) is 0 Å². The first-order valence-corrected chi connectivity index (χ1v) is 6.62. The molecular formula is C13H15Cl2NO2. The summed E-state index contributed by atoms with van der Waals surface area (Å²) in [4.78, 5) is 14.1. The maximum atomic E-state index is 12.3.